The lowest BCUT2D eigenvalue weighted by atomic mass is 10.2. The number of rotatable bonds is 10. The molecule has 3 N–H and O–H groups in total. The Balaban J connectivity index is 1.66. The molecule has 0 aromatic heterocycles. The Morgan fingerprint density at radius 3 is 2.80 bits per heavy atom. The fraction of sp³-hybridized carbons (Fsp3) is 1.00. The van der Waals surface area contributed by atoms with Crippen molar-refractivity contribution in [3.8, 4) is 0 Å². The summed E-state index contributed by atoms with van der Waals surface area (Å²) in [6.07, 6.45) is 2.64. The van der Waals surface area contributed by atoms with Crippen LogP contribution >= 0.6 is 21.6 Å². The summed E-state index contributed by atoms with van der Waals surface area (Å²) in [5.74, 6) is 1.71. The average molecular weight is 253 g/mol. The molecule has 0 aromatic carbocycles. The van der Waals surface area contributed by atoms with Crippen LogP contribution < -0.4 is 5.73 Å². The Kier molecular flexibility index (Phi) is 7.86. The van der Waals surface area contributed by atoms with Crippen LogP contribution in [0.2, 0.25) is 0 Å². The third-order valence-electron chi connectivity index (χ3n) is 2.00. The van der Waals surface area contributed by atoms with E-state index in [1.54, 1.807) is 21.6 Å². The molecule has 0 aromatic rings. The van der Waals surface area contributed by atoms with Gasteiger partial charge in [0.2, 0.25) is 0 Å². The van der Waals surface area contributed by atoms with Gasteiger partial charge in [0.25, 0.3) is 0 Å². The number of hydrogen-bond acceptors (Lipinski definition) is 6. The molecule has 0 saturated carbocycles. The quantitative estimate of drug-likeness (QED) is 0.264. The highest BCUT2D eigenvalue weighted by atomic mass is 33.1. The summed E-state index contributed by atoms with van der Waals surface area (Å²) < 4.78 is 10.3. The van der Waals surface area contributed by atoms with Crippen molar-refractivity contribution in [1.82, 2.24) is 0 Å². The number of hydrogen-bond donors (Lipinski definition) is 2. The number of aliphatic hydroxyl groups excluding tert-OH is 1. The molecule has 0 amide bonds. The average Bonchev–Trinajstić information content (AvgIpc) is 2.92. The minimum atomic E-state index is -0.492. The van der Waals surface area contributed by atoms with Crippen molar-refractivity contribution in [3.05, 3.63) is 0 Å². The summed E-state index contributed by atoms with van der Waals surface area (Å²) in [4.78, 5) is 0. The molecule has 1 aliphatic rings. The SMILES string of the molecule is NCCSSCOCCCCC1OC1O. The van der Waals surface area contributed by atoms with Crippen LogP contribution in [0.1, 0.15) is 19.3 Å². The van der Waals surface area contributed by atoms with Crippen LogP contribution in [-0.4, -0.2) is 42.3 Å². The summed E-state index contributed by atoms with van der Waals surface area (Å²) >= 11 is 0. The molecule has 15 heavy (non-hydrogen) atoms. The van der Waals surface area contributed by atoms with Crippen molar-refractivity contribution in [1.29, 1.82) is 0 Å². The predicted octanol–water partition coefficient (Wildman–Crippen LogP) is 1.19. The fourth-order valence-corrected chi connectivity index (χ4v) is 2.65. The van der Waals surface area contributed by atoms with E-state index in [1.807, 2.05) is 0 Å². The first kappa shape index (κ1) is 13.6. The van der Waals surface area contributed by atoms with Crippen molar-refractivity contribution in [3.63, 3.8) is 0 Å². The molecule has 0 spiro atoms. The third kappa shape index (κ3) is 7.43. The van der Waals surface area contributed by atoms with E-state index in [1.165, 1.54) is 0 Å². The van der Waals surface area contributed by atoms with E-state index in [-0.39, 0.29) is 6.10 Å². The van der Waals surface area contributed by atoms with Crippen LogP contribution in [0.5, 0.6) is 0 Å². The number of aliphatic hydroxyl groups is 1. The second kappa shape index (κ2) is 8.66. The van der Waals surface area contributed by atoms with E-state index in [0.29, 0.717) is 0 Å². The van der Waals surface area contributed by atoms with E-state index in [4.69, 9.17) is 20.3 Å². The summed E-state index contributed by atoms with van der Waals surface area (Å²) in [5, 5.41) is 8.88. The number of unbranched alkanes of at least 4 members (excludes halogenated alkanes) is 1. The molecule has 1 saturated heterocycles. The first-order chi connectivity index (χ1) is 7.34. The summed E-state index contributed by atoms with van der Waals surface area (Å²) in [7, 11) is 3.45. The highest BCUT2D eigenvalue weighted by molar-refractivity contribution is 8.76. The molecule has 1 rings (SSSR count). The van der Waals surface area contributed by atoms with Gasteiger partial charge in [0.1, 0.15) is 12.0 Å². The van der Waals surface area contributed by atoms with Gasteiger partial charge in [-0.2, -0.15) is 0 Å². The summed E-state index contributed by atoms with van der Waals surface area (Å²) in [6.45, 7) is 1.51. The molecule has 1 fully saturated rings. The van der Waals surface area contributed by atoms with Crippen LogP contribution in [0, 0.1) is 0 Å². The van der Waals surface area contributed by atoms with Gasteiger partial charge < -0.3 is 20.3 Å². The predicted molar refractivity (Wildman–Crippen MR) is 64.7 cm³/mol. The lowest BCUT2D eigenvalue weighted by Crippen LogP contribution is -2.00. The Hall–Kier alpha value is 0.540. The van der Waals surface area contributed by atoms with Crippen molar-refractivity contribution < 1.29 is 14.6 Å². The molecule has 2 atom stereocenters. The van der Waals surface area contributed by atoms with Crippen molar-refractivity contribution in [2.75, 3.05) is 24.8 Å². The number of nitrogens with two attached hydrogens (primary N) is 1. The highest BCUT2D eigenvalue weighted by Crippen LogP contribution is 2.24. The Labute approximate surface area is 98.7 Å². The molecule has 2 unspecified atom stereocenters. The van der Waals surface area contributed by atoms with Crippen LogP contribution in [0.4, 0.5) is 0 Å². The minimum absolute atomic E-state index is 0.0967. The van der Waals surface area contributed by atoms with Crippen molar-refractivity contribution >= 4 is 21.6 Å². The highest BCUT2D eigenvalue weighted by Gasteiger charge is 2.35. The maximum atomic E-state index is 8.88. The van der Waals surface area contributed by atoms with Gasteiger partial charge in [-0.25, -0.2) is 0 Å². The smallest absolute Gasteiger partial charge is 0.181 e. The number of ether oxygens (including phenoxy) is 2. The lowest BCUT2D eigenvalue weighted by molar-refractivity contribution is 0.156. The first-order valence-corrected chi connectivity index (χ1v) is 7.69. The molecule has 1 heterocycles. The van der Waals surface area contributed by atoms with Gasteiger partial charge in [-0.05, 0) is 19.3 Å². The zero-order chi connectivity index (χ0) is 10.9. The number of epoxide rings is 1. The molecule has 0 aliphatic carbocycles. The van der Waals surface area contributed by atoms with Gasteiger partial charge in [-0.15, -0.1) is 0 Å². The van der Waals surface area contributed by atoms with Gasteiger partial charge in [-0.3, -0.25) is 0 Å². The van der Waals surface area contributed by atoms with Crippen LogP contribution in [0.3, 0.4) is 0 Å². The maximum absolute atomic E-state index is 8.88. The van der Waals surface area contributed by atoms with E-state index >= 15 is 0 Å². The second-order valence-corrected chi connectivity index (χ2v) is 5.85. The van der Waals surface area contributed by atoms with E-state index in [2.05, 4.69) is 0 Å². The van der Waals surface area contributed by atoms with Crippen LogP contribution in [0.25, 0.3) is 0 Å². The minimum Gasteiger partial charge on any atom is -0.370 e. The van der Waals surface area contributed by atoms with Crippen molar-refractivity contribution in [2.24, 2.45) is 5.73 Å². The molecule has 6 heteroatoms. The first-order valence-electron chi connectivity index (χ1n) is 5.20. The fourth-order valence-electron chi connectivity index (χ4n) is 1.13. The molecular formula is C9H19NO3S2. The van der Waals surface area contributed by atoms with Gasteiger partial charge >= 0.3 is 0 Å². The van der Waals surface area contributed by atoms with E-state index in [9.17, 15) is 0 Å². The molecule has 0 radical (unpaired) electrons. The Morgan fingerprint density at radius 1 is 1.33 bits per heavy atom. The molecule has 4 nitrogen and oxygen atoms in total. The maximum Gasteiger partial charge on any atom is 0.181 e. The lowest BCUT2D eigenvalue weighted by Gasteiger charge is -2.02. The normalized spacial score (nSPS) is 24.4. The summed E-state index contributed by atoms with van der Waals surface area (Å²) in [5.41, 5.74) is 5.35. The van der Waals surface area contributed by atoms with Gasteiger partial charge in [0.15, 0.2) is 6.29 Å². The standard InChI is InChI=1S/C9H19NO3S2/c10-4-6-14-15-7-12-5-2-1-3-8-9(11)13-8/h8-9,11H,1-7,10H2. The monoisotopic (exact) mass is 253 g/mol. The molecular weight excluding hydrogens is 234 g/mol. The topological polar surface area (TPSA) is 68.0 Å². The zero-order valence-electron chi connectivity index (χ0n) is 8.76. The molecule has 1 aliphatic heterocycles. The van der Waals surface area contributed by atoms with Gasteiger partial charge in [-0.1, -0.05) is 21.6 Å². The summed E-state index contributed by atoms with van der Waals surface area (Å²) in [6, 6.07) is 0. The molecule has 90 valence electrons. The molecule has 0 bridgehead atoms. The van der Waals surface area contributed by atoms with Gasteiger partial charge in [0, 0.05) is 18.9 Å². The van der Waals surface area contributed by atoms with E-state index in [0.717, 1.165) is 44.1 Å². The van der Waals surface area contributed by atoms with Crippen LogP contribution in [0.15, 0.2) is 0 Å². The van der Waals surface area contributed by atoms with Crippen molar-refractivity contribution in [2.45, 2.75) is 31.7 Å². The van der Waals surface area contributed by atoms with E-state index < -0.39 is 6.29 Å². The Morgan fingerprint density at radius 2 is 2.13 bits per heavy atom. The third-order valence-corrected chi connectivity index (χ3v) is 4.12. The van der Waals surface area contributed by atoms with Gasteiger partial charge in [0.05, 0.1) is 0 Å². The second-order valence-electron chi connectivity index (χ2n) is 3.32. The largest absolute Gasteiger partial charge is 0.370 e. The Bertz CT molecular complexity index is 162. The zero-order valence-corrected chi connectivity index (χ0v) is 10.4. The van der Waals surface area contributed by atoms with Crippen LogP contribution in [-0.2, 0) is 9.47 Å².